The number of rotatable bonds is 10. The molecule has 1 aromatic carbocycles. The van der Waals surface area contributed by atoms with Crippen LogP contribution < -0.4 is 27.0 Å². The van der Waals surface area contributed by atoms with E-state index in [1.165, 1.54) is 0 Å². The molecule has 7 N–H and O–H groups in total. The molecule has 0 saturated carbocycles. The second kappa shape index (κ2) is 10.1. The average molecular weight is 462 g/mol. The van der Waals surface area contributed by atoms with Gasteiger partial charge in [-0.05, 0) is 25.1 Å². The van der Waals surface area contributed by atoms with Gasteiger partial charge in [0.1, 0.15) is 11.6 Å². The van der Waals surface area contributed by atoms with Crippen LogP contribution in [0.1, 0.15) is 11.6 Å². The minimum absolute atomic E-state index is 0.0685. The number of hydrogen-bond donors (Lipinski definition) is 6. The first-order valence-electron chi connectivity index (χ1n) is 9.42. The van der Waals surface area contributed by atoms with E-state index in [1.807, 2.05) is 18.2 Å². The molecule has 0 amide bonds. The Labute approximate surface area is 184 Å². The maximum atomic E-state index is 10.9. The smallest absolute Gasteiger partial charge is 0.266 e. The van der Waals surface area contributed by atoms with Crippen LogP contribution in [0.2, 0.25) is 0 Å². The molecular formula is C17H23N11O3S. The molecule has 0 atom stereocenters. The SMILES string of the molecule is CNc1nc(NCCS(=O)(=O)O)nc(Nc2cccc(Nc3nc(C)nc(CN)n3)c2)n1. The van der Waals surface area contributed by atoms with Crippen LogP contribution >= 0.6 is 0 Å². The second-order valence-electron chi connectivity index (χ2n) is 6.43. The summed E-state index contributed by atoms with van der Waals surface area (Å²) in [4.78, 5) is 25.2. The number of benzene rings is 1. The fourth-order valence-corrected chi connectivity index (χ4v) is 2.89. The average Bonchev–Trinajstić information content (AvgIpc) is 2.72. The first-order chi connectivity index (χ1) is 15.2. The molecule has 2 aromatic heterocycles. The van der Waals surface area contributed by atoms with Crippen LogP contribution in [0.5, 0.6) is 0 Å². The molecule has 3 rings (SSSR count). The lowest BCUT2D eigenvalue weighted by Gasteiger charge is -2.11. The van der Waals surface area contributed by atoms with E-state index in [2.05, 4.69) is 51.2 Å². The summed E-state index contributed by atoms with van der Waals surface area (Å²) >= 11 is 0. The maximum Gasteiger partial charge on any atom is 0.266 e. The van der Waals surface area contributed by atoms with Crippen molar-refractivity contribution in [3.8, 4) is 0 Å². The molecule has 0 aliphatic carbocycles. The van der Waals surface area contributed by atoms with Crippen LogP contribution in [0.4, 0.5) is 35.2 Å². The number of nitrogens with one attached hydrogen (secondary N) is 4. The van der Waals surface area contributed by atoms with E-state index in [1.54, 1.807) is 20.0 Å². The standard InChI is InChI=1S/C17H23N11O3S/c1-10-21-13(9-18)25-16(22-10)23-11-4-3-5-12(8-11)24-17-27-14(19-2)26-15(28-17)20-6-7-32(29,30)31/h3-5,8H,6-7,9,18H2,1-2H3,(H,29,30,31)(H,21,22,23,25)(H3,19,20,24,26,27,28). The number of hydrogen-bond acceptors (Lipinski definition) is 13. The van der Waals surface area contributed by atoms with Crippen LogP contribution in [0.15, 0.2) is 24.3 Å². The van der Waals surface area contributed by atoms with Gasteiger partial charge >= 0.3 is 0 Å². The van der Waals surface area contributed by atoms with Crippen molar-refractivity contribution in [2.45, 2.75) is 13.5 Å². The predicted octanol–water partition coefficient (Wildman–Crippen LogP) is 0.652. The highest BCUT2D eigenvalue weighted by atomic mass is 32.2. The highest BCUT2D eigenvalue weighted by molar-refractivity contribution is 7.85. The number of aromatic nitrogens is 6. The Hall–Kier alpha value is -3.69. The van der Waals surface area contributed by atoms with Crippen molar-refractivity contribution in [3.63, 3.8) is 0 Å². The van der Waals surface area contributed by atoms with E-state index in [-0.39, 0.29) is 30.9 Å². The largest absolute Gasteiger partial charge is 0.357 e. The van der Waals surface area contributed by atoms with Gasteiger partial charge in [0.25, 0.3) is 10.1 Å². The summed E-state index contributed by atoms with van der Waals surface area (Å²) in [6.07, 6.45) is 0. The van der Waals surface area contributed by atoms with Crippen molar-refractivity contribution in [3.05, 3.63) is 35.9 Å². The zero-order valence-corrected chi connectivity index (χ0v) is 18.2. The van der Waals surface area contributed by atoms with Gasteiger partial charge in [0.15, 0.2) is 0 Å². The zero-order valence-electron chi connectivity index (χ0n) is 17.4. The van der Waals surface area contributed by atoms with E-state index in [9.17, 15) is 8.42 Å². The number of nitrogens with two attached hydrogens (primary N) is 1. The molecule has 32 heavy (non-hydrogen) atoms. The van der Waals surface area contributed by atoms with Gasteiger partial charge in [-0.15, -0.1) is 0 Å². The third kappa shape index (κ3) is 6.93. The number of aryl methyl sites for hydroxylation is 1. The number of anilines is 6. The quantitative estimate of drug-likeness (QED) is 0.229. The third-order valence-corrected chi connectivity index (χ3v) is 4.57. The molecule has 15 heteroatoms. The lowest BCUT2D eigenvalue weighted by molar-refractivity contribution is 0.484. The Balaban J connectivity index is 1.75. The van der Waals surface area contributed by atoms with Crippen molar-refractivity contribution < 1.29 is 13.0 Å². The van der Waals surface area contributed by atoms with Gasteiger partial charge in [0, 0.05) is 25.0 Å². The molecule has 0 saturated heterocycles. The predicted molar refractivity (Wildman–Crippen MR) is 120 cm³/mol. The summed E-state index contributed by atoms with van der Waals surface area (Å²) in [6.45, 7) is 1.89. The summed E-state index contributed by atoms with van der Waals surface area (Å²) in [5.74, 6) is 1.55. The van der Waals surface area contributed by atoms with Gasteiger partial charge < -0.3 is 27.0 Å². The molecular weight excluding hydrogens is 438 g/mol. The molecule has 0 fully saturated rings. The Morgan fingerprint density at radius 2 is 1.56 bits per heavy atom. The van der Waals surface area contributed by atoms with E-state index in [4.69, 9.17) is 10.3 Å². The van der Waals surface area contributed by atoms with E-state index >= 15 is 0 Å². The van der Waals surface area contributed by atoms with Crippen LogP contribution in [0.25, 0.3) is 0 Å². The minimum Gasteiger partial charge on any atom is -0.357 e. The normalized spacial score (nSPS) is 11.1. The van der Waals surface area contributed by atoms with Gasteiger partial charge in [0.2, 0.25) is 23.8 Å². The van der Waals surface area contributed by atoms with Crippen molar-refractivity contribution in [2.24, 2.45) is 5.73 Å². The molecule has 0 spiro atoms. The van der Waals surface area contributed by atoms with Gasteiger partial charge in [-0.1, -0.05) is 6.07 Å². The van der Waals surface area contributed by atoms with Crippen LogP contribution in [0.3, 0.4) is 0 Å². The molecule has 0 bridgehead atoms. The van der Waals surface area contributed by atoms with Crippen molar-refractivity contribution in [2.75, 3.05) is 40.6 Å². The Morgan fingerprint density at radius 1 is 0.938 bits per heavy atom. The first-order valence-corrected chi connectivity index (χ1v) is 11.0. The topological polar surface area (TPSA) is 206 Å². The molecule has 14 nitrogen and oxygen atoms in total. The highest BCUT2D eigenvalue weighted by Gasteiger charge is 2.09. The molecule has 0 radical (unpaired) electrons. The highest BCUT2D eigenvalue weighted by Crippen LogP contribution is 2.21. The molecule has 0 aliphatic rings. The van der Waals surface area contributed by atoms with E-state index in [0.717, 1.165) is 0 Å². The van der Waals surface area contributed by atoms with Gasteiger partial charge in [-0.3, -0.25) is 4.55 Å². The van der Waals surface area contributed by atoms with Crippen molar-refractivity contribution in [1.29, 1.82) is 0 Å². The van der Waals surface area contributed by atoms with Gasteiger partial charge in [-0.2, -0.15) is 33.3 Å². The fourth-order valence-electron chi connectivity index (χ4n) is 2.53. The summed E-state index contributed by atoms with van der Waals surface area (Å²) < 4.78 is 30.6. The van der Waals surface area contributed by atoms with E-state index < -0.39 is 15.9 Å². The maximum absolute atomic E-state index is 10.9. The molecule has 0 unspecified atom stereocenters. The summed E-state index contributed by atoms with van der Waals surface area (Å²) in [7, 11) is -2.46. The monoisotopic (exact) mass is 461 g/mol. The van der Waals surface area contributed by atoms with Crippen LogP contribution in [0, 0.1) is 6.92 Å². The summed E-state index contributed by atoms with van der Waals surface area (Å²) in [6, 6.07) is 7.26. The Bertz CT molecular complexity index is 1190. The van der Waals surface area contributed by atoms with Crippen molar-refractivity contribution in [1.82, 2.24) is 29.9 Å². The Morgan fingerprint density at radius 3 is 2.19 bits per heavy atom. The lowest BCUT2D eigenvalue weighted by atomic mass is 10.3. The molecule has 170 valence electrons. The third-order valence-electron chi connectivity index (χ3n) is 3.85. The van der Waals surface area contributed by atoms with E-state index in [0.29, 0.717) is 29.0 Å². The van der Waals surface area contributed by atoms with Crippen LogP contribution in [-0.4, -0.2) is 62.2 Å². The van der Waals surface area contributed by atoms with Crippen LogP contribution in [-0.2, 0) is 16.7 Å². The number of nitrogens with zero attached hydrogens (tertiary/aromatic N) is 6. The van der Waals surface area contributed by atoms with Crippen molar-refractivity contribution >= 4 is 45.3 Å². The molecule has 2 heterocycles. The second-order valence-corrected chi connectivity index (χ2v) is 8.00. The first kappa shape index (κ1) is 23.0. The zero-order chi connectivity index (χ0) is 23.1. The molecule has 0 aliphatic heterocycles. The lowest BCUT2D eigenvalue weighted by Crippen LogP contribution is -2.17. The molecule has 3 aromatic rings. The fraction of sp³-hybridized carbons (Fsp3) is 0.294. The Kier molecular flexibility index (Phi) is 7.24. The minimum atomic E-state index is -4.10. The summed E-state index contributed by atoms with van der Waals surface area (Å²) in [5, 5.41) is 11.7. The van der Waals surface area contributed by atoms with Gasteiger partial charge in [-0.25, -0.2) is 4.98 Å². The summed E-state index contributed by atoms with van der Waals surface area (Å²) in [5.41, 5.74) is 6.99. The van der Waals surface area contributed by atoms with Gasteiger partial charge in [0.05, 0.1) is 12.3 Å².